The molecule has 4 rings (SSSR count). The van der Waals surface area contributed by atoms with Crippen molar-refractivity contribution in [3.05, 3.63) is 59.4 Å². The first kappa shape index (κ1) is 24.4. The number of nitrogens with one attached hydrogen (secondary N) is 2. The maximum absolute atomic E-state index is 13.5. The molecule has 1 aromatic heterocycles. The number of anilines is 1. The van der Waals surface area contributed by atoms with Gasteiger partial charge in [-0.25, -0.2) is 0 Å². The number of carbonyl (C=O) groups excluding carboxylic acids is 2. The largest absolute Gasteiger partial charge is 0.381 e. The summed E-state index contributed by atoms with van der Waals surface area (Å²) in [6, 6.07) is 9.31. The Balaban J connectivity index is 1.56. The van der Waals surface area contributed by atoms with E-state index < -0.39 is 0 Å². The van der Waals surface area contributed by atoms with Gasteiger partial charge in [-0.05, 0) is 74.0 Å². The Morgan fingerprint density at radius 1 is 1.06 bits per heavy atom. The van der Waals surface area contributed by atoms with Crippen LogP contribution in [0.4, 0.5) is 5.69 Å². The van der Waals surface area contributed by atoms with Gasteiger partial charge in [0.15, 0.2) is 0 Å². The van der Waals surface area contributed by atoms with Gasteiger partial charge in [0.25, 0.3) is 11.8 Å². The van der Waals surface area contributed by atoms with Gasteiger partial charge in [-0.15, -0.1) is 0 Å². The van der Waals surface area contributed by atoms with Crippen LogP contribution in [-0.2, 0) is 11.3 Å². The number of hydrogen-bond donors (Lipinski definition) is 2. The van der Waals surface area contributed by atoms with Crippen molar-refractivity contribution in [2.75, 3.05) is 37.7 Å². The Morgan fingerprint density at radius 3 is 2.71 bits per heavy atom. The summed E-state index contributed by atoms with van der Waals surface area (Å²) >= 11 is 0. The van der Waals surface area contributed by atoms with E-state index in [1.54, 1.807) is 18.5 Å². The highest BCUT2D eigenvalue weighted by atomic mass is 16.5. The molecule has 0 aliphatic carbocycles. The van der Waals surface area contributed by atoms with Gasteiger partial charge in [0, 0.05) is 56.5 Å². The lowest BCUT2D eigenvalue weighted by molar-refractivity contribution is 0.0642. The highest BCUT2D eigenvalue weighted by molar-refractivity contribution is 6.06. The average molecular weight is 465 g/mol. The minimum absolute atomic E-state index is 0.0527. The normalized spacial score (nSPS) is 18.3. The Morgan fingerprint density at radius 2 is 1.88 bits per heavy atom. The lowest BCUT2D eigenvalue weighted by Crippen LogP contribution is -2.34. The number of fused-ring (bicyclic) bond motifs is 1. The number of rotatable bonds is 4. The highest BCUT2D eigenvalue weighted by Gasteiger charge is 2.22. The molecule has 7 nitrogen and oxygen atoms in total. The van der Waals surface area contributed by atoms with Gasteiger partial charge in [0.2, 0.25) is 0 Å². The van der Waals surface area contributed by atoms with Gasteiger partial charge in [0.05, 0.1) is 5.56 Å². The Kier molecular flexibility index (Phi) is 9.04. The van der Waals surface area contributed by atoms with Crippen LogP contribution in [0.15, 0.2) is 42.7 Å². The number of hydrogen-bond acceptors (Lipinski definition) is 5. The molecule has 0 spiro atoms. The number of benzene rings is 1. The van der Waals surface area contributed by atoms with E-state index in [9.17, 15) is 9.59 Å². The van der Waals surface area contributed by atoms with Crippen LogP contribution in [-0.4, -0.2) is 49.6 Å². The molecule has 2 aliphatic heterocycles. The molecular weight excluding hydrogens is 428 g/mol. The molecule has 0 unspecified atom stereocenters. The van der Waals surface area contributed by atoms with Crippen LogP contribution in [0.25, 0.3) is 0 Å². The van der Waals surface area contributed by atoms with Crippen molar-refractivity contribution in [3.63, 3.8) is 0 Å². The summed E-state index contributed by atoms with van der Waals surface area (Å²) in [5.74, 6) is 0.352. The first-order chi connectivity index (χ1) is 16.7. The van der Waals surface area contributed by atoms with Gasteiger partial charge < -0.3 is 20.3 Å². The van der Waals surface area contributed by atoms with E-state index in [0.717, 1.165) is 63.1 Å². The van der Waals surface area contributed by atoms with Crippen LogP contribution in [0.1, 0.15) is 71.2 Å². The summed E-state index contributed by atoms with van der Waals surface area (Å²) < 4.78 is 5.42. The molecule has 2 amide bonds. The maximum atomic E-state index is 13.5. The van der Waals surface area contributed by atoms with Crippen LogP contribution in [0.3, 0.4) is 0 Å². The number of nitrogens with zero attached hydrogens (tertiary/aromatic N) is 2. The predicted molar refractivity (Wildman–Crippen MR) is 133 cm³/mol. The summed E-state index contributed by atoms with van der Waals surface area (Å²) in [4.78, 5) is 32.4. The minimum Gasteiger partial charge on any atom is -0.381 e. The van der Waals surface area contributed by atoms with Crippen LogP contribution < -0.4 is 15.5 Å². The Labute approximate surface area is 202 Å². The number of aromatic nitrogens is 1. The SMILES string of the molecule is O=C(NCC1CCOCC1)c1ccc2c(c1)CNCCCCCCCN2C(=O)c1cccnc1. The first-order valence-electron chi connectivity index (χ1n) is 12.6. The quantitative estimate of drug-likeness (QED) is 0.716. The second-order valence-corrected chi connectivity index (χ2v) is 9.25. The fraction of sp³-hybridized carbons (Fsp3) is 0.519. The first-order valence-corrected chi connectivity index (χ1v) is 12.6. The number of carbonyl (C=O) groups is 2. The molecule has 3 heterocycles. The predicted octanol–water partition coefficient (Wildman–Crippen LogP) is 3.94. The fourth-order valence-corrected chi connectivity index (χ4v) is 4.67. The molecule has 1 aromatic carbocycles. The molecule has 1 fully saturated rings. The third kappa shape index (κ3) is 6.64. The lowest BCUT2D eigenvalue weighted by atomic mass is 10.00. The Hall–Kier alpha value is -2.77. The summed E-state index contributed by atoms with van der Waals surface area (Å²) in [6.07, 6.45) is 10.8. The topological polar surface area (TPSA) is 83.6 Å². The van der Waals surface area contributed by atoms with Crippen molar-refractivity contribution >= 4 is 17.5 Å². The van der Waals surface area contributed by atoms with E-state index in [4.69, 9.17) is 4.74 Å². The summed E-state index contributed by atoms with van der Waals surface area (Å²) in [6.45, 7) is 4.40. The van der Waals surface area contributed by atoms with Gasteiger partial charge in [-0.3, -0.25) is 14.6 Å². The second-order valence-electron chi connectivity index (χ2n) is 9.25. The third-order valence-electron chi connectivity index (χ3n) is 6.73. The van der Waals surface area contributed by atoms with E-state index in [1.165, 1.54) is 12.8 Å². The zero-order valence-electron chi connectivity index (χ0n) is 19.9. The van der Waals surface area contributed by atoms with Gasteiger partial charge in [-0.1, -0.05) is 19.3 Å². The minimum atomic E-state index is -0.0643. The van der Waals surface area contributed by atoms with Crippen LogP contribution in [0.2, 0.25) is 0 Å². The van der Waals surface area contributed by atoms with E-state index in [2.05, 4.69) is 15.6 Å². The molecule has 182 valence electrons. The Bertz CT molecular complexity index is 944. The third-order valence-corrected chi connectivity index (χ3v) is 6.73. The number of pyridine rings is 1. The molecule has 0 radical (unpaired) electrons. The van der Waals surface area contributed by atoms with Crippen molar-refractivity contribution in [3.8, 4) is 0 Å². The second kappa shape index (κ2) is 12.6. The van der Waals surface area contributed by atoms with Crippen molar-refractivity contribution in [2.45, 2.75) is 51.5 Å². The zero-order valence-corrected chi connectivity index (χ0v) is 19.9. The number of ether oxygens (including phenoxy) is 1. The van der Waals surface area contributed by atoms with Crippen molar-refractivity contribution in [1.82, 2.24) is 15.6 Å². The molecule has 2 aromatic rings. The molecule has 2 aliphatic rings. The summed E-state index contributed by atoms with van der Waals surface area (Å²) in [5, 5.41) is 6.61. The van der Waals surface area contributed by atoms with E-state index in [1.807, 2.05) is 29.2 Å². The van der Waals surface area contributed by atoms with Crippen LogP contribution in [0, 0.1) is 5.92 Å². The van der Waals surface area contributed by atoms with Crippen molar-refractivity contribution < 1.29 is 14.3 Å². The van der Waals surface area contributed by atoms with E-state index >= 15 is 0 Å². The molecule has 34 heavy (non-hydrogen) atoms. The van der Waals surface area contributed by atoms with Gasteiger partial charge >= 0.3 is 0 Å². The molecule has 1 saturated heterocycles. The van der Waals surface area contributed by atoms with Gasteiger partial charge in [-0.2, -0.15) is 0 Å². The summed E-state index contributed by atoms with van der Waals surface area (Å²) in [5.41, 5.74) is 3.04. The lowest BCUT2D eigenvalue weighted by Gasteiger charge is -2.27. The van der Waals surface area contributed by atoms with Crippen molar-refractivity contribution in [2.24, 2.45) is 5.92 Å². The molecule has 7 heteroatoms. The van der Waals surface area contributed by atoms with E-state index in [-0.39, 0.29) is 11.8 Å². The number of amides is 2. The average Bonchev–Trinajstić information content (AvgIpc) is 2.88. The van der Waals surface area contributed by atoms with Gasteiger partial charge in [0.1, 0.15) is 0 Å². The highest BCUT2D eigenvalue weighted by Crippen LogP contribution is 2.26. The molecule has 0 saturated carbocycles. The molecule has 0 atom stereocenters. The van der Waals surface area contributed by atoms with E-state index in [0.29, 0.717) is 36.7 Å². The molecule has 0 bridgehead atoms. The maximum Gasteiger partial charge on any atom is 0.259 e. The summed E-state index contributed by atoms with van der Waals surface area (Å²) in [7, 11) is 0. The standard InChI is InChI=1S/C27H36N4O3/c32-26(30-18-21-10-15-34-16-11-21)22-8-9-25-24(17-22)20-28-12-4-2-1-3-5-14-31(25)27(33)23-7-6-13-29-19-23/h6-9,13,17,19,21,28H,1-5,10-12,14-16,18,20H2,(H,30,32). The van der Waals surface area contributed by atoms with Crippen LogP contribution in [0.5, 0.6) is 0 Å². The monoisotopic (exact) mass is 464 g/mol. The smallest absolute Gasteiger partial charge is 0.259 e. The molecule has 2 N–H and O–H groups in total. The van der Waals surface area contributed by atoms with Crippen molar-refractivity contribution in [1.29, 1.82) is 0 Å². The van der Waals surface area contributed by atoms with Crippen LogP contribution >= 0.6 is 0 Å². The molecular formula is C27H36N4O3. The fourth-order valence-electron chi connectivity index (χ4n) is 4.67. The zero-order chi connectivity index (χ0) is 23.6.